The number of hydrogen-bond donors (Lipinski definition) is 1. The fraction of sp³-hybridized carbons (Fsp3) is 0.875. The van der Waals surface area contributed by atoms with E-state index in [2.05, 4.69) is 15.5 Å². The predicted molar refractivity (Wildman–Crippen MR) is 49.5 cm³/mol. The SMILES string of the molecule is COC1CC(n2nnnc2C(C)N)C1. The van der Waals surface area contributed by atoms with Crippen LogP contribution in [-0.4, -0.2) is 33.4 Å². The predicted octanol–water partition coefficient (Wildman–Crippen LogP) is 0.0427. The van der Waals surface area contributed by atoms with E-state index in [1.807, 2.05) is 11.6 Å². The van der Waals surface area contributed by atoms with Crippen molar-refractivity contribution in [3.63, 3.8) is 0 Å². The molecule has 1 aliphatic rings. The van der Waals surface area contributed by atoms with Gasteiger partial charge >= 0.3 is 0 Å². The summed E-state index contributed by atoms with van der Waals surface area (Å²) in [4.78, 5) is 0. The van der Waals surface area contributed by atoms with Gasteiger partial charge in [-0.15, -0.1) is 5.10 Å². The Kier molecular flexibility index (Phi) is 2.47. The van der Waals surface area contributed by atoms with Crippen LogP contribution in [0.4, 0.5) is 0 Å². The van der Waals surface area contributed by atoms with Gasteiger partial charge in [0.2, 0.25) is 0 Å². The molecule has 1 saturated carbocycles. The van der Waals surface area contributed by atoms with Gasteiger partial charge in [-0.2, -0.15) is 0 Å². The standard InChI is InChI=1S/C8H15N5O/c1-5(9)8-10-11-12-13(8)6-3-7(4-6)14-2/h5-7H,3-4,9H2,1-2H3. The molecule has 1 aromatic rings. The van der Waals surface area contributed by atoms with Crippen LogP contribution >= 0.6 is 0 Å². The van der Waals surface area contributed by atoms with E-state index in [0.29, 0.717) is 12.1 Å². The Balaban J connectivity index is 2.07. The van der Waals surface area contributed by atoms with E-state index in [1.54, 1.807) is 7.11 Å². The Hall–Kier alpha value is -1.01. The first kappa shape index (κ1) is 9.54. The van der Waals surface area contributed by atoms with Crippen LogP contribution in [0.2, 0.25) is 0 Å². The smallest absolute Gasteiger partial charge is 0.167 e. The van der Waals surface area contributed by atoms with Crippen molar-refractivity contribution in [1.29, 1.82) is 0 Å². The zero-order valence-corrected chi connectivity index (χ0v) is 8.42. The van der Waals surface area contributed by atoms with Crippen LogP contribution in [0.3, 0.4) is 0 Å². The Morgan fingerprint density at radius 1 is 1.57 bits per heavy atom. The molecule has 1 heterocycles. The number of aromatic nitrogens is 4. The third-order valence-electron chi connectivity index (χ3n) is 2.67. The second kappa shape index (κ2) is 3.62. The highest BCUT2D eigenvalue weighted by Crippen LogP contribution is 2.34. The van der Waals surface area contributed by atoms with Gasteiger partial charge in [0.25, 0.3) is 0 Å². The Labute approximate surface area is 82.4 Å². The van der Waals surface area contributed by atoms with Crippen molar-refractivity contribution in [2.24, 2.45) is 5.73 Å². The second-order valence-electron chi connectivity index (χ2n) is 3.75. The maximum atomic E-state index is 5.75. The van der Waals surface area contributed by atoms with Crippen molar-refractivity contribution in [2.75, 3.05) is 7.11 Å². The highest BCUT2D eigenvalue weighted by molar-refractivity contribution is 4.94. The van der Waals surface area contributed by atoms with E-state index in [-0.39, 0.29) is 6.04 Å². The molecule has 14 heavy (non-hydrogen) atoms. The first-order chi connectivity index (χ1) is 6.72. The van der Waals surface area contributed by atoms with E-state index >= 15 is 0 Å². The van der Waals surface area contributed by atoms with Crippen molar-refractivity contribution >= 4 is 0 Å². The fourth-order valence-electron chi connectivity index (χ4n) is 1.69. The van der Waals surface area contributed by atoms with Crippen molar-refractivity contribution < 1.29 is 4.74 Å². The van der Waals surface area contributed by atoms with E-state index in [1.165, 1.54) is 0 Å². The van der Waals surface area contributed by atoms with Crippen LogP contribution < -0.4 is 5.73 Å². The molecular weight excluding hydrogens is 182 g/mol. The topological polar surface area (TPSA) is 78.8 Å². The van der Waals surface area contributed by atoms with Crippen molar-refractivity contribution in [1.82, 2.24) is 20.2 Å². The van der Waals surface area contributed by atoms with E-state index in [4.69, 9.17) is 10.5 Å². The molecule has 0 saturated heterocycles. The summed E-state index contributed by atoms with van der Waals surface area (Å²) in [6.45, 7) is 1.88. The zero-order valence-electron chi connectivity index (χ0n) is 8.42. The number of tetrazole rings is 1. The molecule has 0 bridgehead atoms. The minimum Gasteiger partial charge on any atom is -0.381 e. The quantitative estimate of drug-likeness (QED) is 0.740. The van der Waals surface area contributed by atoms with Crippen LogP contribution in [0.5, 0.6) is 0 Å². The summed E-state index contributed by atoms with van der Waals surface area (Å²) in [5.41, 5.74) is 5.75. The average Bonchev–Trinajstić information content (AvgIpc) is 2.50. The second-order valence-corrected chi connectivity index (χ2v) is 3.75. The van der Waals surface area contributed by atoms with Crippen LogP contribution in [-0.2, 0) is 4.74 Å². The summed E-state index contributed by atoms with van der Waals surface area (Å²) in [6, 6.07) is 0.238. The lowest BCUT2D eigenvalue weighted by Gasteiger charge is -2.34. The van der Waals surface area contributed by atoms with Gasteiger partial charge in [-0.25, -0.2) is 4.68 Å². The van der Waals surface area contributed by atoms with Gasteiger partial charge < -0.3 is 10.5 Å². The van der Waals surface area contributed by atoms with Gasteiger partial charge in [0.1, 0.15) is 0 Å². The fourth-order valence-corrected chi connectivity index (χ4v) is 1.69. The summed E-state index contributed by atoms with van der Waals surface area (Å²) in [7, 11) is 1.73. The highest BCUT2D eigenvalue weighted by atomic mass is 16.5. The molecule has 6 heteroatoms. The van der Waals surface area contributed by atoms with Gasteiger partial charge in [0.05, 0.1) is 18.2 Å². The molecule has 1 atom stereocenters. The highest BCUT2D eigenvalue weighted by Gasteiger charge is 2.33. The molecule has 78 valence electrons. The van der Waals surface area contributed by atoms with Crippen molar-refractivity contribution in [3.05, 3.63) is 5.82 Å². The van der Waals surface area contributed by atoms with E-state index in [9.17, 15) is 0 Å². The van der Waals surface area contributed by atoms with E-state index < -0.39 is 0 Å². The molecular formula is C8H15N5O. The van der Waals surface area contributed by atoms with Crippen LogP contribution in [0.15, 0.2) is 0 Å². The minimum atomic E-state index is -0.119. The van der Waals surface area contributed by atoms with Gasteiger partial charge in [-0.1, -0.05) is 0 Å². The lowest BCUT2D eigenvalue weighted by atomic mass is 9.89. The molecule has 1 aliphatic carbocycles. The molecule has 6 nitrogen and oxygen atoms in total. The van der Waals surface area contributed by atoms with Gasteiger partial charge in [0.15, 0.2) is 5.82 Å². The third kappa shape index (κ3) is 1.51. The minimum absolute atomic E-state index is 0.119. The Bertz CT molecular complexity index is 304. The van der Waals surface area contributed by atoms with Crippen molar-refractivity contribution in [2.45, 2.75) is 38.0 Å². The molecule has 0 amide bonds. The molecule has 1 fully saturated rings. The number of nitrogens with zero attached hydrogens (tertiary/aromatic N) is 4. The summed E-state index contributed by atoms with van der Waals surface area (Å²) < 4.78 is 7.02. The maximum absolute atomic E-state index is 5.75. The largest absolute Gasteiger partial charge is 0.381 e. The molecule has 0 aromatic carbocycles. The molecule has 0 aliphatic heterocycles. The van der Waals surface area contributed by atoms with Crippen LogP contribution in [0.25, 0.3) is 0 Å². The van der Waals surface area contributed by atoms with Crippen molar-refractivity contribution in [3.8, 4) is 0 Å². The summed E-state index contributed by atoms with van der Waals surface area (Å²) in [5.74, 6) is 0.754. The first-order valence-corrected chi connectivity index (χ1v) is 4.78. The Morgan fingerprint density at radius 2 is 2.29 bits per heavy atom. The van der Waals surface area contributed by atoms with Gasteiger partial charge in [0, 0.05) is 7.11 Å². The van der Waals surface area contributed by atoms with Gasteiger partial charge in [-0.05, 0) is 30.2 Å². The number of rotatable bonds is 3. The molecule has 2 rings (SSSR count). The maximum Gasteiger partial charge on any atom is 0.167 e. The van der Waals surface area contributed by atoms with E-state index in [0.717, 1.165) is 18.7 Å². The van der Waals surface area contributed by atoms with Crippen LogP contribution in [0.1, 0.15) is 37.7 Å². The van der Waals surface area contributed by atoms with Gasteiger partial charge in [-0.3, -0.25) is 0 Å². The lowest BCUT2D eigenvalue weighted by Crippen LogP contribution is -2.34. The number of nitrogens with two attached hydrogens (primary N) is 1. The molecule has 1 unspecified atom stereocenters. The Morgan fingerprint density at radius 3 is 2.86 bits per heavy atom. The molecule has 0 radical (unpaired) electrons. The van der Waals surface area contributed by atoms with Crippen LogP contribution in [0, 0.1) is 0 Å². The average molecular weight is 197 g/mol. The zero-order chi connectivity index (χ0) is 10.1. The monoisotopic (exact) mass is 197 g/mol. The normalized spacial score (nSPS) is 28.5. The number of ether oxygens (including phenoxy) is 1. The number of hydrogen-bond acceptors (Lipinski definition) is 5. The lowest BCUT2D eigenvalue weighted by molar-refractivity contribution is 0.000784. The summed E-state index contributed by atoms with van der Waals surface area (Å²) >= 11 is 0. The number of methoxy groups -OCH3 is 1. The summed E-state index contributed by atoms with van der Waals surface area (Å²) in [6.07, 6.45) is 2.30. The molecule has 0 spiro atoms. The molecule has 1 aromatic heterocycles. The molecule has 2 N–H and O–H groups in total. The summed E-state index contributed by atoms with van der Waals surface area (Å²) in [5, 5.41) is 11.5. The third-order valence-corrected chi connectivity index (χ3v) is 2.67. The first-order valence-electron chi connectivity index (χ1n) is 4.78.